The highest BCUT2D eigenvalue weighted by Crippen LogP contribution is 2.20. The van der Waals surface area contributed by atoms with Crippen molar-refractivity contribution in [2.24, 2.45) is 0 Å². The molecule has 14 heavy (non-hydrogen) atoms. The topological polar surface area (TPSA) is 29.5 Å². The Balaban J connectivity index is 2.73. The monoisotopic (exact) mass is 194 g/mol. The molecule has 0 saturated heterocycles. The Hall–Kier alpha value is -1.02. The molecule has 2 heteroatoms. The Morgan fingerprint density at radius 2 is 2.00 bits per heavy atom. The fraction of sp³-hybridized carbons (Fsp3) is 0.500. The van der Waals surface area contributed by atoms with E-state index in [4.69, 9.17) is 4.74 Å². The number of hydrogen-bond donors (Lipinski definition) is 1. The summed E-state index contributed by atoms with van der Waals surface area (Å²) in [7, 11) is 0. The number of ether oxygens (including phenoxy) is 1. The van der Waals surface area contributed by atoms with Crippen molar-refractivity contribution < 1.29 is 9.84 Å². The van der Waals surface area contributed by atoms with Crippen LogP contribution in [-0.2, 0) is 6.42 Å². The zero-order valence-corrected chi connectivity index (χ0v) is 8.86. The first-order chi connectivity index (χ1) is 6.77. The van der Waals surface area contributed by atoms with Gasteiger partial charge in [0.15, 0.2) is 0 Å². The van der Waals surface area contributed by atoms with Crippen LogP contribution >= 0.6 is 0 Å². The SMILES string of the molecule is CCOc1ccccc1CC(O)CC. The van der Waals surface area contributed by atoms with Crippen LogP contribution in [0.25, 0.3) is 0 Å². The van der Waals surface area contributed by atoms with Gasteiger partial charge in [-0.25, -0.2) is 0 Å². The Kier molecular flexibility index (Phi) is 4.47. The lowest BCUT2D eigenvalue weighted by atomic mass is 10.1. The molecule has 2 nitrogen and oxygen atoms in total. The minimum atomic E-state index is -0.267. The third-order valence-corrected chi connectivity index (χ3v) is 2.20. The summed E-state index contributed by atoms with van der Waals surface area (Å²) in [5.41, 5.74) is 1.09. The predicted molar refractivity (Wildman–Crippen MR) is 57.6 cm³/mol. The van der Waals surface area contributed by atoms with Crippen LogP contribution < -0.4 is 4.74 Å². The number of benzene rings is 1. The molecule has 0 aliphatic carbocycles. The molecule has 0 heterocycles. The maximum absolute atomic E-state index is 9.55. The Labute approximate surface area is 85.5 Å². The van der Waals surface area contributed by atoms with Crippen molar-refractivity contribution in [1.29, 1.82) is 0 Å². The van der Waals surface area contributed by atoms with Crippen LogP contribution in [0.1, 0.15) is 25.8 Å². The van der Waals surface area contributed by atoms with Gasteiger partial charge < -0.3 is 9.84 Å². The first kappa shape index (κ1) is 11.1. The smallest absolute Gasteiger partial charge is 0.122 e. The van der Waals surface area contributed by atoms with E-state index in [1.807, 2.05) is 38.1 Å². The van der Waals surface area contributed by atoms with Crippen LogP contribution in [0.5, 0.6) is 5.75 Å². The molecule has 0 fully saturated rings. The molecule has 0 aromatic heterocycles. The zero-order chi connectivity index (χ0) is 10.4. The van der Waals surface area contributed by atoms with E-state index in [9.17, 15) is 5.11 Å². The van der Waals surface area contributed by atoms with Gasteiger partial charge in [-0.05, 0) is 25.0 Å². The first-order valence-electron chi connectivity index (χ1n) is 5.16. The predicted octanol–water partition coefficient (Wildman–Crippen LogP) is 2.40. The van der Waals surface area contributed by atoms with Crippen molar-refractivity contribution in [3.05, 3.63) is 29.8 Å². The molecular formula is C12H18O2. The summed E-state index contributed by atoms with van der Waals surface area (Å²) in [4.78, 5) is 0. The first-order valence-corrected chi connectivity index (χ1v) is 5.16. The summed E-state index contributed by atoms with van der Waals surface area (Å²) < 4.78 is 5.47. The molecular weight excluding hydrogens is 176 g/mol. The highest BCUT2D eigenvalue weighted by atomic mass is 16.5. The van der Waals surface area contributed by atoms with Crippen LogP contribution in [0, 0.1) is 0 Å². The lowest BCUT2D eigenvalue weighted by Crippen LogP contribution is -2.09. The molecule has 1 rings (SSSR count). The minimum absolute atomic E-state index is 0.267. The lowest BCUT2D eigenvalue weighted by Gasteiger charge is -2.12. The van der Waals surface area contributed by atoms with E-state index >= 15 is 0 Å². The molecule has 0 aliphatic rings. The second kappa shape index (κ2) is 5.66. The van der Waals surface area contributed by atoms with E-state index in [0.29, 0.717) is 13.0 Å². The summed E-state index contributed by atoms with van der Waals surface area (Å²) >= 11 is 0. The normalized spacial score (nSPS) is 12.5. The molecule has 0 saturated carbocycles. The van der Waals surface area contributed by atoms with E-state index in [2.05, 4.69) is 0 Å². The van der Waals surface area contributed by atoms with Gasteiger partial charge in [-0.15, -0.1) is 0 Å². The number of rotatable bonds is 5. The van der Waals surface area contributed by atoms with Gasteiger partial charge >= 0.3 is 0 Å². The zero-order valence-electron chi connectivity index (χ0n) is 8.86. The largest absolute Gasteiger partial charge is 0.494 e. The molecule has 0 aliphatic heterocycles. The number of hydrogen-bond acceptors (Lipinski definition) is 2. The number of aliphatic hydroxyl groups is 1. The Morgan fingerprint density at radius 1 is 1.29 bits per heavy atom. The summed E-state index contributed by atoms with van der Waals surface area (Å²) in [6.07, 6.45) is 1.18. The van der Waals surface area contributed by atoms with Crippen LogP contribution in [0.2, 0.25) is 0 Å². The average molecular weight is 194 g/mol. The molecule has 1 aromatic rings. The minimum Gasteiger partial charge on any atom is -0.494 e. The fourth-order valence-corrected chi connectivity index (χ4v) is 1.37. The quantitative estimate of drug-likeness (QED) is 0.780. The Bertz CT molecular complexity index is 271. The summed E-state index contributed by atoms with van der Waals surface area (Å²) in [6.45, 7) is 4.61. The second-order valence-corrected chi connectivity index (χ2v) is 3.31. The number of para-hydroxylation sites is 1. The summed E-state index contributed by atoms with van der Waals surface area (Å²) in [6, 6.07) is 7.87. The molecule has 0 spiro atoms. The summed E-state index contributed by atoms with van der Waals surface area (Å²) in [5.74, 6) is 0.891. The van der Waals surface area contributed by atoms with Gasteiger partial charge in [-0.2, -0.15) is 0 Å². The van der Waals surface area contributed by atoms with Crippen LogP contribution in [-0.4, -0.2) is 17.8 Å². The van der Waals surface area contributed by atoms with Gasteiger partial charge in [0.1, 0.15) is 5.75 Å². The van der Waals surface area contributed by atoms with Crippen molar-refractivity contribution in [2.75, 3.05) is 6.61 Å². The fourth-order valence-electron chi connectivity index (χ4n) is 1.37. The van der Waals surface area contributed by atoms with E-state index in [1.165, 1.54) is 0 Å². The van der Waals surface area contributed by atoms with E-state index < -0.39 is 0 Å². The molecule has 78 valence electrons. The molecule has 1 atom stereocenters. The average Bonchev–Trinajstić information content (AvgIpc) is 2.21. The van der Waals surface area contributed by atoms with Crippen molar-refractivity contribution in [3.8, 4) is 5.75 Å². The Morgan fingerprint density at radius 3 is 2.64 bits per heavy atom. The van der Waals surface area contributed by atoms with E-state index in [1.54, 1.807) is 0 Å². The van der Waals surface area contributed by atoms with Crippen molar-refractivity contribution in [1.82, 2.24) is 0 Å². The van der Waals surface area contributed by atoms with Gasteiger partial charge in [0.2, 0.25) is 0 Å². The molecule has 0 bridgehead atoms. The standard InChI is InChI=1S/C12H18O2/c1-3-11(13)9-10-7-5-6-8-12(10)14-4-2/h5-8,11,13H,3-4,9H2,1-2H3. The van der Waals surface area contributed by atoms with Crippen molar-refractivity contribution in [2.45, 2.75) is 32.8 Å². The summed E-state index contributed by atoms with van der Waals surface area (Å²) in [5, 5.41) is 9.55. The van der Waals surface area contributed by atoms with Crippen LogP contribution in [0.15, 0.2) is 24.3 Å². The maximum Gasteiger partial charge on any atom is 0.122 e. The van der Waals surface area contributed by atoms with E-state index in [-0.39, 0.29) is 6.10 Å². The van der Waals surface area contributed by atoms with Crippen LogP contribution in [0.4, 0.5) is 0 Å². The van der Waals surface area contributed by atoms with Crippen LogP contribution in [0.3, 0.4) is 0 Å². The van der Waals surface area contributed by atoms with Gasteiger partial charge in [0.05, 0.1) is 12.7 Å². The molecule has 0 radical (unpaired) electrons. The van der Waals surface area contributed by atoms with Gasteiger partial charge in [-0.3, -0.25) is 0 Å². The van der Waals surface area contributed by atoms with Crippen molar-refractivity contribution in [3.63, 3.8) is 0 Å². The van der Waals surface area contributed by atoms with Gasteiger partial charge in [0.25, 0.3) is 0 Å². The van der Waals surface area contributed by atoms with Gasteiger partial charge in [0, 0.05) is 6.42 Å². The van der Waals surface area contributed by atoms with E-state index in [0.717, 1.165) is 17.7 Å². The molecule has 1 unspecified atom stereocenters. The maximum atomic E-state index is 9.55. The lowest BCUT2D eigenvalue weighted by molar-refractivity contribution is 0.169. The molecule has 1 aromatic carbocycles. The number of aliphatic hydroxyl groups excluding tert-OH is 1. The third-order valence-electron chi connectivity index (χ3n) is 2.20. The molecule has 1 N–H and O–H groups in total. The van der Waals surface area contributed by atoms with Gasteiger partial charge in [-0.1, -0.05) is 25.1 Å². The third kappa shape index (κ3) is 3.04. The molecule has 0 amide bonds. The highest BCUT2D eigenvalue weighted by molar-refractivity contribution is 5.33. The highest BCUT2D eigenvalue weighted by Gasteiger charge is 2.07. The second-order valence-electron chi connectivity index (χ2n) is 3.31. The van der Waals surface area contributed by atoms with Crippen molar-refractivity contribution >= 4 is 0 Å².